The minimum Gasteiger partial charge on any atom is -0.383 e. The number of aromatic nitrogens is 2. The molecule has 1 atom stereocenters. The predicted molar refractivity (Wildman–Crippen MR) is 126 cm³/mol. The van der Waals surface area contributed by atoms with E-state index in [4.69, 9.17) is 9.47 Å². The number of hydrogen-bond acceptors (Lipinski definition) is 5. The highest BCUT2D eigenvalue weighted by Gasteiger charge is 2.25. The average Bonchev–Trinajstić information content (AvgIpc) is 3.16. The van der Waals surface area contributed by atoms with Gasteiger partial charge in [0.1, 0.15) is 6.10 Å². The summed E-state index contributed by atoms with van der Waals surface area (Å²) >= 11 is 0. The first kappa shape index (κ1) is 23.4. The van der Waals surface area contributed by atoms with Crippen LogP contribution < -0.4 is 10.6 Å². The van der Waals surface area contributed by atoms with E-state index in [2.05, 4.69) is 49.9 Å². The summed E-state index contributed by atoms with van der Waals surface area (Å²) in [5.41, 5.74) is 3.40. The molecule has 29 heavy (non-hydrogen) atoms. The number of hydrogen-bond donors (Lipinski definition) is 2. The summed E-state index contributed by atoms with van der Waals surface area (Å²) in [5, 5.41) is 11.0. The van der Waals surface area contributed by atoms with E-state index < -0.39 is 0 Å². The third-order valence-electron chi connectivity index (χ3n) is 4.71. The van der Waals surface area contributed by atoms with Crippen LogP contribution in [0.15, 0.2) is 41.7 Å². The van der Waals surface area contributed by atoms with Gasteiger partial charge in [-0.1, -0.05) is 12.1 Å². The zero-order valence-electron chi connectivity index (χ0n) is 17.3. The van der Waals surface area contributed by atoms with Crippen LogP contribution >= 0.6 is 24.0 Å². The van der Waals surface area contributed by atoms with Crippen molar-refractivity contribution in [1.82, 2.24) is 20.0 Å². The normalized spacial score (nSPS) is 17.0. The lowest BCUT2D eigenvalue weighted by Gasteiger charge is -2.34. The Balaban J connectivity index is 0.00000300. The van der Waals surface area contributed by atoms with E-state index >= 15 is 0 Å². The molecule has 160 valence electrons. The van der Waals surface area contributed by atoms with E-state index in [1.54, 1.807) is 11.8 Å². The predicted octanol–water partition coefficient (Wildman–Crippen LogP) is 2.25. The molecule has 9 heteroatoms. The van der Waals surface area contributed by atoms with Crippen molar-refractivity contribution in [2.45, 2.75) is 12.6 Å². The zero-order valence-corrected chi connectivity index (χ0v) is 19.6. The van der Waals surface area contributed by atoms with Crippen LogP contribution in [0, 0.1) is 0 Å². The molecular weight excluding hydrogens is 483 g/mol. The molecule has 2 aromatic rings. The monoisotopic (exact) mass is 514 g/mol. The van der Waals surface area contributed by atoms with Crippen LogP contribution in [0.2, 0.25) is 0 Å². The number of benzene rings is 1. The van der Waals surface area contributed by atoms with Gasteiger partial charge in [-0.05, 0) is 17.7 Å². The summed E-state index contributed by atoms with van der Waals surface area (Å²) < 4.78 is 12.8. The lowest BCUT2D eigenvalue weighted by atomic mass is 10.1. The van der Waals surface area contributed by atoms with Crippen LogP contribution in [0.3, 0.4) is 0 Å². The quantitative estimate of drug-likeness (QED) is 0.256. The number of aryl methyl sites for hydroxylation is 1. The van der Waals surface area contributed by atoms with Crippen molar-refractivity contribution >= 4 is 35.6 Å². The van der Waals surface area contributed by atoms with Gasteiger partial charge >= 0.3 is 0 Å². The number of ether oxygens (including phenoxy) is 2. The zero-order chi connectivity index (χ0) is 19.8. The Morgan fingerprint density at radius 3 is 2.79 bits per heavy atom. The Bertz CT molecular complexity index is 765. The van der Waals surface area contributed by atoms with Crippen molar-refractivity contribution in [3.05, 3.63) is 47.8 Å². The van der Waals surface area contributed by atoms with E-state index in [0.717, 1.165) is 43.4 Å². The maximum Gasteiger partial charge on any atom is 0.194 e. The number of guanidine groups is 1. The van der Waals surface area contributed by atoms with Gasteiger partial charge in [0.25, 0.3) is 0 Å². The van der Waals surface area contributed by atoms with Crippen molar-refractivity contribution in [3.8, 4) is 0 Å². The smallest absolute Gasteiger partial charge is 0.194 e. The van der Waals surface area contributed by atoms with Crippen LogP contribution in [0.5, 0.6) is 0 Å². The summed E-state index contributed by atoms with van der Waals surface area (Å²) in [7, 11) is 5.44. The fraction of sp³-hybridized carbons (Fsp3) is 0.500. The molecule has 0 radical (unpaired) electrons. The van der Waals surface area contributed by atoms with E-state index in [-0.39, 0.29) is 30.1 Å². The van der Waals surface area contributed by atoms with Gasteiger partial charge in [-0.3, -0.25) is 9.67 Å². The molecule has 0 bridgehead atoms. The highest BCUT2D eigenvalue weighted by molar-refractivity contribution is 14.0. The van der Waals surface area contributed by atoms with Gasteiger partial charge in [-0.2, -0.15) is 5.10 Å². The number of nitrogens with one attached hydrogen (secondary N) is 2. The number of methoxy groups -OCH3 is 1. The van der Waals surface area contributed by atoms with E-state index in [0.29, 0.717) is 13.2 Å². The molecule has 1 aromatic carbocycles. The summed E-state index contributed by atoms with van der Waals surface area (Å²) in [4.78, 5) is 6.69. The SMILES string of the molecule is CN=C(NCc1ccc(NCCOC)cc1)N1CCOC(c2cnn(C)c2)C1.I. The van der Waals surface area contributed by atoms with Crippen LogP contribution in [0.4, 0.5) is 5.69 Å². The van der Waals surface area contributed by atoms with Crippen LogP contribution in [0.1, 0.15) is 17.2 Å². The molecule has 2 heterocycles. The van der Waals surface area contributed by atoms with Crippen molar-refractivity contribution in [2.24, 2.45) is 12.0 Å². The van der Waals surface area contributed by atoms with Crippen molar-refractivity contribution in [3.63, 3.8) is 0 Å². The minimum absolute atomic E-state index is 0. The number of aliphatic imine (C=N–C) groups is 1. The molecule has 1 aromatic heterocycles. The fourth-order valence-electron chi connectivity index (χ4n) is 3.20. The number of halogens is 1. The molecule has 1 unspecified atom stereocenters. The molecule has 2 N–H and O–H groups in total. The largest absolute Gasteiger partial charge is 0.383 e. The molecule has 1 fully saturated rings. The maximum absolute atomic E-state index is 5.92. The van der Waals surface area contributed by atoms with Crippen molar-refractivity contribution in [1.29, 1.82) is 0 Å². The van der Waals surface area contributed by atoms with Gasteiger partial charge in [0.05, 0.1) is 26.0 Å². The number of nitrogens with zero attached hydrogens (tertiary/aromatic N) is 4. The van der Waals surface area contributed by atoms with Crippen molar-refractivity contribution < 1.29 is 9.47 Å². The molecule has 0 aliphatic carbocycles. The minimum atomic E-state index is 0. The molecule has 8 nitrogen and oxygen atoms in total. The van der Waals surface area contributed by atoms with Gasteiger partial charge in [0, 0.05) is 58.3 Å². The second-order valence-corrected chi connectivity index (χ2v) is 6.77. The number of anilines is 1. The third-order valence-corrected chi connectivity index (χ3v) is 4.71. The Morgan fingerprint density at radius 1 is 1.34 bits per heavy atom. The first-order valence-electron chi connectivity index (χ1n) is 9.57. The first-order valence-corrected chi connectivity index (χ1v) is 9.57. The second-order valence-electron chi connectivity index (χ2n) is 6.77. The summed E-state index contributed by atoms with van der Waals surface area (Å²) in [5.74, 6) is 0.888. The van der Waals surface area contributed by atoms with Crippen LogP contribution in [-0.2, 0) is 23.1 Å². The first-order chi connectivity index (χ1) is 13.7. The molecule has 0 saturated carbocycles. The highest BCUT2D eigenvalue weighted by atomic mass is 127. The van der Waals surface area contributed by atoms with E-state index in [1.807, 2.05) is 26.5 Å². The van der Waals surface area contributed by atoms with Gasteiger partial charge in [0.15, 0.2) is 5.96 Å². The molecule has 3 rings (SSSR count). The van der Waals surface area contributed by atoms with Gasteiger partial charge in [-0.25, -0.2) is 0 Å². The van der Waals surface area contributed by atoms with Crippen LogP contribution in [-0.4, -0.2) is 67.6 Å². The molecule has 1 saturated heterocycles. The highest BCUT2D eigenvalue weighted by Crippen LogP contribution is 2.21. The molecule has 0 amide bonds. The number of morpholine rings is 1. The Labute approximate surface area is 189 Å². The fourth-order valence-corrected chi connectivity index (χ4v) is 3.20. The lowest BCUT2D eigenvalue weighted by Crippen LogP contribution is -2.47. The standard InChI is InChI=1S/C20H30N6O2.HI/c1-21-20(23-12-16-4-6-18(7-5-16)22-8-10-27-3)26-9-11-28-19(15-26)17-13-24-25(2)14-17;/h4-7,13-14,19,22H,8-12,15H2,1-3H3,(H,21,23);1H. The van der Waals surface area contributed by atoms with Gasteiger partial charge < -0.3 is 25.0 Å². The summed E-state index contributed by atoms with van der Waals surface area (Å²) in [6.45, 7) is 4.46. The van der Waals surface area contributed by atoms with Gasteiger partial charge in [-0.15, -0.1) is 24.0 Å². The number of rotatable bonds is 7. The van der Waals surface area contributed by atoms with E-state index in [9.17, 15) is 0 Å². The Kier molecular flexibility index (Phi) is 9.68. The van der Waals surface area contributed by atoms with Crippen LogP contribution in [0.25, 0.3) is 0 Å². The van der Waals surface area contributed by atoms with E-state index in [1.165, 1.54) is 5.56 Å². The van der Waals surface area contributed by atoms with Crippen molar-refractivity contribution in [2.75, 3.05) is 52.3 Å². The second kappa shape index (κ2) is 12.0. The summed E-state index contributed by atoms with van der Waals surface area (Å²) in [6, 6.07) is 8.41. The average molecular weight is 514 g/mol. The molecule has 0 spiro atoms. The topological polar surface area (TPSA) is 75.9 Å². The Hall–Kier alpha value is -1.85. The molecular formula is C20H31IN6O2. The third kappa shape index (κ3) is 6.86. The Morgan fingerprint density at radius 2 is 2.14 bits per heavy atom. The maximum atomic E-state index is 5.92. The summed E-state index contributed by atoms with van der Waals surface area (Å²) in [6.07, 6.45) is 3.89. The lowest BCUT2D eigenvalue weighted by molar-refractivity contribution is -0.00805. The van der Waals surface area contributed by atoms with Gasteiger partial charge in [0.2, 0.25) is 0 Å². The molecule has 1 aliphatic rings. The molecule has 1 aliphatic heterocycles.